The van der Waals surface area contributed by atoms with E-state index in [1.165, 1.54) is 23.9 Å². The van der Waals surface area contributed by atoms with E-state index < -0.39 is 9.84 Å². The number of anilines is 1. The molecular formula is C10H11N3O2S2. The number of benzene rings is 1. The van der Waals surface area contributed by atoms with Crippen molar-refractivity contribution in [2.24, 2.45) is 0 Å². The van der Waals surface area contributed by atoms with Gasteiger partial charge in [-0.1, -0.05) is 0 Å². The highest BCUT2D eigenvalue weighted by Gasteiger charge is 2.10. The van der Waals surface area contributed by atoms with Crippen LogP contribution in [0.1, 0.15) is 0 Å². The lowest BCUT2D eigenvalue weighted by Gasteiger charge is -2.05. The number of H-pyrrole nitrogens is 1. The Bertz CT molecular complexity index is 621. The lowest BCUT2D eigenvalue weighted by atomic mass is 10.3. The van der Waals surface area contributed by atoms with Crippen LogP contribution < -0.4 is 5.73 Å². The number of nitrogens with two attached hydrogens (primary N) is 1. The number of aromatic amines is 1. The molecule has 0 saturated heterocycles. The summed E-state index contributed by atoms with van der Waals surface area (Å²) in [4.78, 5) is 7.98. The molecule has 0 atom stereocenters. The summed E-state index contributed by atoms with van der Waals surface area (Å²) in [6, 6.07) is 4.68. The SMILES string of the molecule is CS(=O)(=O)c1ccc(Sc2ncc[nH]2)c(N)c1. The van der Waals surface area contributed by atoms with E-state index in [4.69, 9.17) is 5.73 Å². The predicted octanol–water partition coefficient (Wildman–Crippen LogP) is 1.55. The minimum atomic E-state index is -3.22. The van der Waals surface area contributed by atoms with E-state index in [9.17, 15) is 8.42 Å². The average molecular weight is 269 g/mol. The maximum atomic E-state index is 11.3. The second-order valence-corrected chi connectivity index (χ2v) is 6.51. The largest absolute Gasteiger partial charge is 0.398 e. The number of aromatic nitrogens is 2. The molecule has 0 aliphatic rings. The minimum absolute atomic E-state index is 0.221. The Morgan fingerprint density at radius 1 is 1.41 bits per heavy atom. The Hall–Kier alpha value is -1.47. The first-order valence-corrected chi connectivity index (χ1v) is 7.44. The molecule has 0 fully saturated rings. The zero-order valence-electron chi connectivity index (χ0n) is 9.04. The fraction of sp³-hybridized carbons (Fsp3) is 0.100. The number of sulfone groups is 1. The maximum absolute atomic E-state index is 11.3. The average Bonchev–Trinajstić information content (AvgIpc) is 2.72. The molecule has 0 radical (unpaired) electrons. The first-order valence-electron chi connectivity index (χ1n) is 4.73. The quantitative estimate of drug-likeness (QED) is 0.825. The number of nitrogens with one attached hydrogen (secondary N) is 1. The summed E-state index contributed by atoms with van der Waals surface area (Å²) in [6.07, 6.45) is 4.51. The van der Waals surface area contributed by atoms with E-state index in [0.717, 1.165) is 11.2 Å². The molecule has 0 aliphatic heterocycles. The third kappa shape index (κ3) is 2.80. The summed E-state index contributed by atoms with van der Waals surface area (Å²) in [6.45, 7) is 0. The molecule has 17 heavy (non-hydrogen) atoms. The number of hydrogen-bond donors (Lipinski definition) is 2. The molecule has 0 amide bonds. The molecular weight excluding hydrogens is 258 g/mol. The molecule has 0 saturated carbocycles. The number of nitrogen functional groups attached to an aromatic ring is 1. The molecule has 2 rings (SSSR count). The zero-order chi connectivity index (χ0) is 12.5. The molecule has 7 heteroatoms. The standard InChI is InChI=1S/C10H11N3O2S2/c1-17(14,15)7-2-3-9(8(11)6-7)16-10-12-4-5-13-10/h2-6H,11H2,1H3,(H,12,13). The van der Waals surface area contributed by atoms with Gasteiger partial charge in [0.05, 0.1) is 4.90 Å². The van der Waals surface area contributed by atoms with Crippen LogP contribution in [0.25, 0.3) is 0 Å². The predicted molar refractivity (Wildman–Crippen MR) is 66.7 cm³/mol. The van der Waals surface area contributed by atoms with E-state index >= 15 is 0 Å². The normalized spacial score (nSPS) is 11.6. The molecule has 1 aromatic heterocycles. The van der Waals surface area contributed by atoms with Crippen LogP contribution in [0, 0.1) is 0 Å². The fourth-order valence-electron chi connectivity index (χ4n) is 1.26. The highest BCUT2D eigenvalue weighted by molar-refractivity contribution is 7.99. The van der Waals surface area contributed by atoms with E-state index in [0.29, 0.717) is 10.8 Å². The molecule has 0 spiro atoms. The Morgan fingerprint density at radius 2 is 2.18 bits per heavy atom. The van der Waals surface area contributed by atoms with Crippen molar-refractivity contribution in [3.63, 3.8) is 0 Å². The number of rotatable bonds is 3. The highest BCUT2D eigenvalue weighted by atomic mass is 32.2. The minimum Gasteiger partial charge on any atom is -0.398 e. The Morgan fingerprint density at radius 3 is 2.71 bits per heavy atom. The number of hydrogen-bond acceptors (Lipinski definition) is 5. The molecule has 1 heterocycles. The Balaban J connectivity index is 2.33. The van der Waals surface area contributed by atoms with E-state index in [2.05, 4.69) is 9.97 Å². The van der Waals surface area contributed by atoms with Gasteiger partial charge in [-0.25, -0.2) is 13.4 Å². The van der Waals surface area contributed by atoms with Gasteiger partial charge in [0, 0.05) is 29.2 Å². The van der Waals surface area contributed by atoms with Gasteiger partial charge in [-0.15, -0.1) is 0 Å². The molecule has 90 valence electrons. The second kappa shape index (κ2) is 4.42. The van der Waals surface area contributed by atoms with Crippen LogP contribution in [0.15, 0.2) is 45.5 Å². The van der Waals surface area contributed by atoms with Gasteiger partial charge in [0.1, 0.15) is 0 Å². The van der Waals surface area contributed by atoms with E-state index in [-0.39, 0.29) is 4.90 Å². The lowest BCUT2D eigenvalue weighted by Crippen LogP contribution is -1.99. The van der Waals surface area contributed by atoms with Crippen LogP contribution in [0.5, 0.6) is 0 Å². The van der Waals surface area contributed by atoms with E-state index in [1.807, 2.05) is 0 Å². The zero-order valence-corrected chi connectivity index (χ0v) is 10.7. The van der Waals surface area contributed by atoms with Crippen molar-refractivity contribution in [1.29, 1.82) is 0 Å². The maximum Gasteiger partial charge on any atom is 0.175 e. The van der Waals surface area contributed by atoms with Crippen molar-refractivity contribution in [3.8, 4) is 0 Å². The van der Waals surface area contributed by atoms with Gasteiger partial charge in [-0.2, -0.15) is 0 Å². The van der Waals surface area contributed by atoms with Crippen LogP contribution >= 0.6 is 11.8 Å². The summed E-state index contributed by atoms with van der Waals surface area (Å²) >= 11 is 1.35. The first kappa shape index (κ1) is 12.0. The van der Waals surface area contributed by atoms with Crippen LogP contribution in [0.4, 0.5) is 5.69 Å². The van der Waals surface area contributed by atoms with Crippen LogP contribution in [-0.4, -0.2) is 24.6 Å². The topological polar surface area (TPSA) is 88.8 Å². The summed E-state index contributed by atoms with van der Waals surface area (Å²) in [5, 5.41) is 0.712. The van der Waals surface area contributed by atoms with Gasteiger partial charge in [0.25, 0.3) is 0 Å². The highest BCUT2D eigenvalue weighted by Crippen LogP contribution is 2.31. The number of nitrogens with zero attached hydrogens (tertiary/aromatic N) is 1. The van der Waals surface area contributed by atoms with Gasteiger partial charge < -0.3 is 10.7 Å². The van der Waals surface area contributed by atoms with Crippen LogP contribution in [0.2, 0.25) is 0 Å². The van der Waals surface area contributed by atoms with E-state index in [1.54, 1.807) is 18.5 Å². The molecule has 0 unspecified atom stereocenters. The van der Waals surface area contributed by atoms with Crippen molar-refractivity contribution in [3.05, 3.63) is 30.6 Å². The molecule has 0 bridgehead atoms. The summed E-state index contributed by atoms with van der Waals surface area (Å²) in [5.41, 5.74) is 6.23. The lowest BCUT2D eigenvalue weighted by molar-refractivity contribution is 0.602. The van der Waals surface area contributed by atoms with Gasteiger partial charge in [-0.3, -0.25) is 0 Å². The van der Waals surface area contributed by atoms with Gasteiger partial charge in [-0.05, 0) is 30.0 Å². The summed E-state index contributed by atoms with van der Waals surface area (Å²) in [7, 11) is -3.22. The van der Waals surface area contributed by atoms with Crippen LogP contribution in [-0.2, 0) is 9.84 Å². The van der Waals surface area contributed by atoms with Crippen molar-refractivity contribution in [2.75, 3.05) is 12.0 Å². The molecule has 2 aromatic rings. The fourth-order valence-corrected chi connectivity index (χ4v) is 2.68. The summed E-state index contributed by atoms with van der Waals surface area (Å²) < 4.78 is 22.7. The number of imidazole rings is 1. The van der Waals surface area contributed by atoms with Gasteiger partial charge in [0.15, 0.2) is 15.0 Å². The monoisotopic (exact) mass is 269 g/mol. The van der Waals surface area contributed by atoms with Crippen molar-refractivity contribution < 1.29 is 8.42 Å². The van der Waals surface area contributed by atoms with Crippen LogP contribution in [0.3, 0.4) is 0 Å². The third-order valence-corrected chi connectivity index (χ3v) is 4.21. The third-order valence-electron chi connectivity index (χ3n) is 2.09. The molecule has 1 aromatic carbocycles. The Kier molecular flexibility index (Phi) is 3.12. The second-order valence-electron chi connectivity index (χ2n) is 3.47. The smallest absolute Gasteiger partial charge is 0.175 e. The first-order chi connectivity index (χ1) is 7.97. The van der Waals surface area contributed by atoms with Crippen molar-refractivity contribution in [2.45, 2.75) is 14.9 Å². The van der Waals surface area contributed by atoms with Crippen molar-refractivity contribution in [1.82, 2.24) is 9.97 Å². The molecule has 0 aliphatic carbocycles. The Labute approximate surface area is 103 Å². The van der Waals surface area contributed by atoms with Crippen molar-refractivity contribution >= 4 is 27.3 Å². The van der Waals surface area contributed by atoms with Gasteiger partial charge in [0.2, 0.25) is 0 Å². The molecule has 3 N–H and O–H groups in total. The summed E-state index contributed by atoms with van der Waals surface area (Å²) in [5.74, 6) is 0. The molecule has 5 nitrogen and oxygen atoms in total. The van der Waals surface area contributed by atoms with Gasteiger partial charge >= 0.3 is 0 Å².